The van der Waals surface area contributed by atoms with E-state index in [0.29, 0.717) is 19.4 Å². The second-order valence-corrected chi connectivity index (χ2v) is 4.44. The summed E-state index contributed by atoms with van der Waals surface area (Å²) in [7, 11) is 0. The van der Waals surface area contributed by atoms with E-state index in [1.54, 1.807) is 12.1 Å². The lowest BCUT2D eigenvalue weighted by Crippen LogP contribution is -2.40. The predicted molar refractivity (Wildman–Crippen MR) is 66.7 cm³/mol. The minimum atomic E-state index is -1.00. The molecule has 1 aliphatic heterocycles. The molecule has 1 aromatic rings. The van der Waals surface area contributed by atoms with Crippen LogP contribution in [0.1, 0.15) is 33.6 Å². The second-order valence-electron chi connectivity index (χ2n) is 4.44. The van der Waals surface area contributed by atoms with Gasteiger partial charge in [-0.2, -0.15) is 0 Å². The van der Waals surface area contributed by atoms with Crippen molar-refractivity contribution in [1.82, 2.24) is 4.90 Å². The average Bonchev–Trinajstić information content (AvgIpc) is 2.87. The van der Waals surface area contributed by atoms with E-state index in [2.05, 4.69) is 0 Å². The average molecular weight is 262 g/mol. The maximum Gasteiger partial charge on any atom is 0.326 e. The SMILES string of the molecule is NC(=O)c1cccc(C(=O)N2CCC[C@H]2C(=O)O)c1. The van der Waals surface area contributed by atoms with Gasteiger partial charge in [0.15, 0.2) is 0 Å². The second kappa shape index (κ2) is 5.09. The van der Waals surface area contributed by atoms with Gasteiger partial charge in [-0.05, 0) is 31.0 Å². The highest BCUT2D eigenvalue weighted by Gasteiger charge is 2.34. The molecule has 1 saturated heterocycles. The molecule has 0 bridgehead atoms. The van der Waals surface area contributed by atoms with E-state index in [4.69, 9.17) is 10.8 Å². The van der Waals surface area contributed by atoms with Gasteiger partial charge in [-0.25, -0.2) is 4.79 Å². The summed E-state index contributed by atoms with van der Waals surface area (Å²) in [6.45, 7) is 0.413. The van der Waals surface area contributed by atoms with Crippen LogP contribution in [0, 0.1) is 0 Å². The molecule has 0 aliphatic carbocycles. The van der Waals surface area contributed by atoms with E-state index in [1.807, 2.05) is 0 Å². The smallest absolute Gasteiger partial charge is 0.326 e. The monoisotopic (exact) mass is 262 g/mol. The molecule has 2 rings (SSSR count). The first-order valence-electron chi connectivity index (χ1n) is 5.94. The van der Waals surface area contributed by atoms with Crippen LogP contribution in [0.2, 0.25) is 0 Å². The number of nitrogens with two attached hydrogens (primary N) is 1. The Bertz CT molecular complexity index is 541. The number of nitrogens with zero attached hydrogens (tertiary/aromatic N) is 1. The van der Waals surface area contributed by atoms with Gasteiger partial charge in [0.25, 0.3) is 5.91 Å². The normalized spacial score (nSPS) is 18.3. The van der Waals surface area contributed by atoms with Gasteiger partial charge < -0.3 is 15.7 Å². The third kappa shape index (κ3) is 2.57. The van der Waals surface area contributed by atoms with Crippen molar-refractivity contribution in [3.8, 4) is 0 Å². The molecule has 3 N–H and O–H groups in total. The molecule has 0 aromatic heterocycles. The topological polar surface area (TPSA) is 101 Å². The summed E-state index contributed by atoms with van der Waals surface area (Å²) >= 11 is 0. The molecule has 0 spiro atoms. The first kappa shape index (κ1) is 13.1. The van der Waals surface area contributed by atoms with Gasteiger partial charge in [0.05, 0.1) is 0 Å². The Kier molecular flexibility index (Phi) is 3.50. The van der Waals surface area contributed by atoms with Crippen molar-refractivity contribution in [3.05, 3.63) is 35.4 Å². The number of carboxylic acid groups (broad SMARTS) is 1. The summed E-state index contributed by atoms with van der Waals surface area (Å²) < 4.78 is 0. The number of primary amides is 1. The Morgan fingerprint density at radius 1 is 1.26 bits per heavy atom. The van der Waals surface area contributed by atoms with Crippen LogP contribution in [0.25, 0.3) is 0 Å². The van der Waals surface area contributed by atoms with Gasteiger partial charge in [-0.1, -0.05) is 6.07 Å². The highest BCUT2D eigenvalue weighted by atomic mass is 16.4. The number of hydrogen-bond donors (Lipinski definition) is 2. The van der Waals surface area contributed by atoms with Crippen LogP contribution in [0.5, 0.6) is 0 Å². The molecule has 1 aromatic carbocycles. The van der Waals surface area contributed by atoms with E-state index in [0.717, 1.165) is 0 Å². The molecule has 1 atom stereocenters. The summed E-state index contributed by atoms with van der Waals surface area (Å²) in [5, 5.41) is 9.05. The van der Waals surface area contributed by atoms with Crippen molar-refractivity contribution < 1.29 is 19.5 Å². The van der Waals surface area contributed by atoms with Gasteiger partial charge in [0, 0.05) is 17.7 Å². The van der Waals surface area contributed by atoms with Crippen LogP contribution in [0.15, 0.2) is 24.3 Å². The predicted octanol–water partition coefficient (Wildman–Crippen LogP) is 0.475. The fraction of sp³-hybridized carbons (Fsp3) is 0.308. The lowest BCUT2D eigenvalue weighted by Gasteiger charge is -2.21. The van der Waals surface area contributed by atoms with Crippen LogP contribution in [0.4, 0.5) is 0 Å². The summed E-state index contributed by atoms with van der Waals surface area (Å²) in [6.07, 6.45) is 1.12. The number of aliphatic carboxylic acids is 1. The number of amides is 2. The Labute approximate surface area is 109 Å². The number of carbonyl (C=O) groups excluding carboxylic acids is 2. The van der Waals surface area contributed by atoms with Crippen LogP contribution < -0.4 is 5.73 Å². The minimum Gasteiger partial charge on any atom is -0.480 e. The lowest BCUT2D eigenvalue weighted by molar-refractivity contribution is -0.141. The molecule has 2 amide bonds. The molecule has 1 heterocycles. The van der Waals surface area contributed by atoms with E-state index < -0.39 is 17.9 Å². The van der Waals surface area contributed by atoms with Crippen LogP contribution in [-0.2, 0) is 4.79 Å². The van der Waals surface area contributed by atoms with Gasteiger partial charge in [-0.3, -0.25) is 9.59 Å². The molecule has 0 saturated carbocycles. The van der Waals surface area contributed by atoms with Crippen molar-refractivity contribution in [3.63, 3.8) is 0 Å². The van der Waals surface area contributed by atoms with Crippen molar-refractivity contribution in [1.29, 1.82) is 0 Å². The van der Waals surface area contributed by atoms with Crippen molar-refractivity contribution in [2.45, 2.75) is 18.9 Å². The molecule has 6 heteroatoms. The molecular weight excluding hydrogens is 248 g/mol. The maximum absolute atomic E-state index is 12.2. The minimum absolute atomic E-state index is 0.233. The fourth-order valence-electron chi connectivity index (χ4n) is 2.24. The standard InChI is InChI=1S/C13H14N2O4/c14-11(16)8-3-1-4-9(7-8)12(17)15-6-2-5-10(15)13(18)19/h1,3-4,7,10H,2,5-6H2,(H2,14,16)(H,18,19)/t10-/m0/s1. The maximum atomic E-state index is 12.2. The van der Waals surface area contributed by atoms with E-state index in [9.17, 15) is 14.4 Å². The first-order valence-corrected chi connectivity index (χ1v) is 5.94. The van der Waals surface area contributed by atoms with Gasteiger partial charge in [0.2, 0.25) is 5.91 Å². The van der Waals surface area contributed by atoms with Crippen molar-refractivity contribution >= 4 is 17.8 Å². The van der Waals surface area contributed by atoms with Gasteiger partial charge in [-0.15, -0.1) is 0 Å². The number of carboxylic acids is 1. The molecular formula is C13H14N2O4. The third-order valence-electron chi connectivity index (χ3n) is 3.19. The first-order chi connectivity index (χ1) is 9.00. The number of benzene rings is 1. The van der Waals surface area contributed by atoms with Crippen molar-refractivity contribution in [2.75, 3.05) is 6.54 Å². The Morgan fingerprint density at radius 2 is 1.95 bits per heavy atom. The van der Waals surface area contributed by atoms with Crippen LogP contribution in [-0.4, -0.2) is 40.4 Å². The van der Waals surface area contributed by atoms with Gasteiger partial charge >= 0.3 is 5.97 Å². The zero-order valence-corrected chi connectivity index (χ0v) is 10.2. The number of likely N-dealkylation sites (tertiary alicyclic amines) is 1. The van der Waals surface area contributed by atoms with Crippen molar-refractivity contribution in [2.24, 2.45) is 5.73 Å². The number of carbonyl (C=O) groups is 3. The van der Waals surface area contributed by atoms with E-state index >= 15 is 0 Å². The molecule has 0 unspecified atom stereocenters. The fourth-order valence-corrected chi connectivity index (χ4v) is 2.24. The summed E-state index contributed by atoms with van der Waals surface area (Å²) in [5.74, 6) is -2.00. The van der Waals surface area contributed by atoms with Crippen LogP contribution in [0.3, 0.4) is 0 Å². The van der Waals surface area contributed by atoms with Crippen LogP contribution >= 0.6 is 0 Å². The third-order valence-corrected chi connectivity index (χ3v) is 3.19. The zero-order valence-electron chi connectivity index (χ0n) is 10.2. The highest BCUT2D eigenvalue weighted by molar-refractivity contribution is 6.00. The Morgan fingerprint density at radius 3 is 2.58 bits per heavy atom. The summed E-state index contributed by atoms with van der Waals surface area (Å²) in [4.78, 5) is 35.7. The lowest BCUT2D eigenvalue weighted by atomic mass is 10.1. The van der Waals surface area contributed by atoms with Gasteiger partial charge in [0.1, 0.15) is 6.04 Å². The zero-order chi connectivity index (χ0) is 14.0. The van der Waals surface area contributed by atoms with E-state index in [-0.39, 0.29) is 17.0 Å². The summed E-state index contributed by atoms with van der Waals surface area (Å²) in [5.41, 5.74) is 5.67. The molecule has 1 aliphatic rings. The molecule has 6 nitrogen and oxygen atoms in total. The summed E-state index contributed by atoms with van der Waals surface area (Å²) in [6, 6.07) is 5.22. The number of hydrogen-bond acceptors (Lipinski definition) is 3. The Hall–Kier alpha value is -2.37. The highest BCUT2D eigenvalue weighted by Crippen LogP contribution is 2.20. The quantitative estimate of drug-likeness (QED) is 0.827. The largest absolute Gasteiger partial charge is 0.480 e. The molecule has 1 fully saturated rings. The number of rotatable bonds is 3. The molecule has 100 valence electrons. The molecule has 19 heavy (non-hydrogen) atoms. The molecule has 0 radical (unpaired) electrons. The Balaban J connectivity index is 2.26. The van der Waals surface area contributed by atoms with E-state index in [1.165, 1.54) is 17.0 Å².